The average Bonchev–Trinajstić information content (AvgIpc) is 2.29. The molecule has 0 aromatic rings. The van der Waals surface area contributed by atoms with Gasteiger partial charge < -0.3 is 4.90 Å². The molecule has 0 unspecified atom stereocenters. The normalized spacial score (nSPS) is 17.8. The van der Waals surface area contributed by atoms with Crippen molar-refractivity contribution in [1.82, 2.24) is 9.80 Å². The molecule has 0 aliphatic carbocycles. The lowest BCUT2D eigenvalue weighted by Crippen LogP contribution is -2.33. The molecule has 4 nitrogen and oxygen atoms in total. The van der Waals surface area contributed by atoms with Crippen LogP contribution in [0.1, 0.15) is 20.3 Å². The zero-order valence-corrected chi connectivity index (χ0v) is 7.54. The molecule has 0 saturated carbocycles. The van der Waals surface area contributed by atoms with Crippen LogP contribution in [-0.2, 0) is 4.79 Å². The van der Waals surface area contributed by atoms with E-state index in [-0.39, 0.29) is 18.5 Å². The van der Waals surface area contributed by atoms with E-state index in [1.54, 1.807) is 4.90 Å². The summed E-state index contributed by atoms with van der Waals surface area (Å²) < 4.78 is 0. The van der Waals surface area contributed by atoms with Crippen LogP contribution in [0.25, 0.3) is 0 Å². The van der Waals surface area contributed by atoms with Crippen molar-refractivity contribution in [3.8, 4) is 0 Å². The molecule has 0 atom stereocenters. The fraction of sp³-hybridized carbons (Fsp3) is 0.750. The topological polar surface area (TPSA) is 40.6 Å². The third-order valence-electron chi connectivity index (χ3n) is 1.94. The minimum absolute atomic E-state index is 0.0732. The zero-order chi connectivity index (χ0) is 9.14. The van der Waals surface area contributed by atoms with Gasteiger partial charge in [-0.3, -0.25) is 9.69 Å². The summed E-state index contributed by atoms with van der Waals surface area (Å²) in [6.07, 6.45) is 0.899. The molecule has 0 aromatic heterocycles. The second kappa shape index (κ2) is 3.56. The Kier molecular flexibility index (Phi) is 2.68. The van der Waals surface area contributed by atoms with Gasteiger partial charge in [-0.2, -0.15) is 0 Å². The third-order valence-corrected chi connectivity index (χ3v) is 1.94. The zero-order valence-electron chi connectivity index (χ0n) is 7.54. The van der Waals surface area contributed by atoms with E-state index in [0.717, 1.165) is 6.42 Å². The maximum Gasteiger partial charge on any atom is 0.327 e. The highest BCUT2D eigenvalue weighted by atomic mass is 16.2. The van der Waals surface area contributed by atoms with E-state index in [2.05, 4.69) is 0 Å². The molecule has 0 aromatic carbocycles. The van der Waals surface area contributed by atoms with Crippen LogP contribution in [0.15, 0.2) is 0 Å². The molecule has 1 saturated heterocycles. The van der Waals surface area contributed by atoms with Crippen molar-refractivity contribution >= 4 is 11.9 Å². The number of urea groups is 1. The fourth-order valence-electron chi connectivity index (χ4n) is 1.35. The van der Waals surface area contributed by atoms with E-state index in [9.17, 15) is 9.59 Å². The smallest absolute Gasteiger partial charge is 0.315 e. The number of rotatable bonds is 3. The van der Waals surface area contributed by atoms with Crippen molar-refractivity contribution in [2.24, 2.45) is 0 Å². The van der Waals surface area contributed by atoms with Gasteiger partial charge in [-0.15, -0.1) is 0 Å². The molecule has 1 rings (SSSR count). The highest BCUT2D eigenvalue weighted by molar-refractivity contribution is 6.01. The summed E-state index contributed by atoms with van der Waals surface area (Å²) in [6.45, 7) is 5.23. The fourth-order valence-corrected chi connectivity index (χ4v) is 1.35. The summed E-state index contributed by atoms with van der Waals surface area (Å²) in [6, 6.07) is -0.135. The summed E-state index contributed by atoms with van der Waals surface area (Å²) in [5.41, 5.74) is 0. The van der Waals surface area contributed by atoms with Crippen LogP contribution in [0, 0.1) is 0 Å². The molecule has 0 bridgehead atoms. The molecule has 4 heteroatoms. The van der Waals surface area contributed by atoms with Gasteiger partial charge in [0.1, 0.15) is 6.54 Å². The Morgan fingerprint density at radius 2 is 2.00 bits per heavy atom. The van der Waals surface area contributed by atoms with Crippen molar-refractivity contribution in [2.75, 3.05) is 19.6 Å². The van der Waals surface area contributed by atoms with Crippen LogP contribution < -0.4 is 0 Å². The minimum Gasteiger partial charge on any atom is -0.315 e. The SMILES string of the molecule is CCCN1CC(=O)N(CC)C1=O. The molecule has 3 amide bonds. The molecule has 12 heavy (non-hydrogen) atoms. The standard InChI is InChI=1S/C8H14N2O2/c1-3-5-9-6-7(11)10(4-2)8(9)12/h3-6H2,1-2H3. The van der Waals surface area contributed by atoms with Gasteiger partial charge in [0, 0.05) is 13.1 Å². The summed E-state index contributed by atoms with van der Waals surface area (Å²) in [5, 5.41) is 0. The number of amides is 3. The van der Waals surface area contributed by atoms with Crippen LogP contribution in [0.4, 0.5) is 4.79 Å². The van der Waals surface area contributed by atoms with E-state index < -0.39 is 0 Å². The number of carbonyl (C=O) groups is 2. The summed E-state index contributed by atoms with van der Waals surface area (Å²) >= 11 is 0. The van der Waals surface area contributed by atoms with Crippen LogP contribution in [0.5, 0.6) is 0 Å². The Bertz CT molecular complexity index is 203. The monoisotopic (exact) mass is 170 g/mol. The molecule has 1 heterocycles. The maximum absolute atomic E-state index is 11.4. The van der Waals surface area contributed by atoms with Crippen LogP contribution in [0.3, 0.4) is 0 Å². The van der Waals surface area contributed by atoms with Gasteiger partial charge >= 0.3 is 6.03 Å². The Morgan fingerprint density at radius 3 is 2.42 bits per heavy atom. The lowest BCUT2D eigenvalue weighted by atomic mass is 10.4. The maximum atomic E-state index is 11.4. The lowest BCUT2D eigenvalue weighted by Gasteiger charge is -2.14. The van der Waals surface area contributed by atoms with Gasteiger partial charge in [0.25, 0.3) is 0 Å². The quantitative estimate of drug-likeness (QED) is 0.584. The van der Waals surface area contributed by atoms with Gasteiger partial charge in [-0.25, -0.2) is 4.79 Å². The average molecular weight is 170 g/mol. The molecular formula is C8H14N2O2. The molecular weight excluding hydrogens is 156 g/mol. The van der Waals surface area contributed by atoms with Gasteiger partial charge in [0.05, 0.1) is 0 Å². The Morgan fingerprint density at radius 1 is 1.33 bits per heavy atom. The minimum atomic E-state index is -0.135. The van der Waals surface area contributed by atoms with E-state index in [4.69, 9.17) is 0 Å². The van der Waals surface area contributed by atoms with E-state index in [0.29, 0.717) is 13.1 Å². The second-order valence-electron chi connectivity index (χ2n) is 2.84. The van der Waals surface area contributed by atoms with Crippen molar-refractivity contribution in [2.45, 2.75) is 20.3 Å². The number of likely N-dealkylation sites (N-methyl/N-ethyl adjacent to an activating group) is 1. The van der Waals surface area contributed by atoms with Gasteiger partial charge in [-0.1, -0.05) is 6.92 Å². The summed E-state index contributed by atoms with van der Waals surface area (Å²) in [5.74, 6) is -0.0732. The number of imide groups is 1. The largest absolute Gasteiger partial charge is 0.327 e. The molecule has 1 aliphatic rings. The summed E-state index contributed by atoms with van der Waals surface area (Å²) in [7, 11) is 0. The van der Waals surface area contributed by atoms with Gasteiger partial charge in [-0.05, 0) is 13.3 Å². The van der Waals surface area contributed by atoms with E-state index >= 15 is 0 Å². The number of nitrogens with zero attached hydrogens (tertiary/aromatic N) is 2. The van der Waals surface area contributed by atoms with Gasteiger partial charge in [0.15, 0.2) is 0 Å². The first-order valence-corrected chi connectivity index (χ1v) is 4.30. The van der Waals surface area contributed by atoms with Crippen molar-refractivity contribution < 1.29 is 9.59 Å². The molecule has 0 N–H and O–H groups in total. The Hall–Kier alpha value is -1.06. The van der Waals surface area contributed by atoms with Crippen molar-refractivity contribution in [1.29, 1.82) is 0 Å². The van der Waals surface area contributed by atoms with Crippen LogP contribution in [0.2, 0.25) is 0 Å². The van der Waals surface area contributed by atoms with E-state index in [1.807, 2.05) is 13.8 Å². The first-order chi connectivity index (χ1) is 5.70. The first-order valence-electron chi connectivity index (χ1n) is 4.30. The second-order valence-corrected chi connectivity index (χ2v) is 2.84. The molecule has 1 fully saturated rings. The van der Waals surface area contributed by atoms with Crippen molar-refractivity contribution in [3.63, 3.8) is 0 Å². The Balaban J connectivity index is 2.62. The highest BCUT2D eigenvalue weighted by Crippen LogP contribution is 2.09. The number of hydrogen-bond donors (Lipinski definition) is 0. The van der Waals surface area contributed by atoms with Crippen LogP contribution >= 0.6 is 0 Å². The predicted molar refractivity (Wildman–Crippen MR) is 44.6 cm³/mol. The first kappa shape index (κ1) is 9.03. The molecule has 1 aliphatic heterocycles. The van der Waals surface area contributed by atoms with Crippen molar-refractivity contribution in [3.05, 3.63) is 0 Å². The third kappa shape index (κ3) is 1.42. The van der Waals surface area contributed by atoms with Gasteiger partial charge in [0.2, 0.25) is 5.91 Å². The molecule has 0 radical (unpaired) electrons. The summed E-state index contributed by atoms with van der Waals surface area (Å²) in [4.78, 5) is 25.4. The predicted octanol–water partition coefficient (Wildman–Crippen LogP) is 0.680. The molecule has 0 spiro atoms. The highest BCUT2D eigenvalue weighted by Gasteiger charge is 2.33. The van der Waals surface area contributed by atoms with E-state index in [1.165, 1.54) is 4.90 Å². The number of carbonyl (C=O) groups excluding carboxylic acids is 2. The number of hydrogen-bond acceptors (Lipinski definition) is 2. The lowest BCUT2D eigenvalue weighted by molar-refractivity contribution is -0.125. The van der Waals surface area contributed by atoms with Crippen LogP contribution in [-0.4, -0.2) is 41.4 Å². The molecule has 68 valence electrons. The Labute approximate surface area is 72.1 Å².